The van der Waals surface area contributed by atoms with Crippen molar-refractivity contribution in [3.63, 3.8) is 0 Å². The number of rotatable bonds is 3. The Morgan fingerprint density at radius 2 is 2.17 bits per heavy atom. The molecule has 0 aromatic carbocycles. The number of piperidine rings is 1. The van der Waals surface area contributed by atoms with Gasteiger partial charge in [-0.2, -0.15) is 0 Å². The van der Waals surface area contributed by atoms with Gasteiger partial charge in [-0.1, -0.05) is 6.92 Å². The quantitative estimate of drug-likeness (QED) is 0.946. The zero-order valence-electron chi connectivity index (χ0n) is 14.2. The first-order valence-electron chi connectivity index (χ1n) is 8.99. The minimum absolute atomic E-state index is 0.609. The minimum Gasteiger partial charge on any atom is -0.356 e. The Hall–Kier alpha value is -1.62. The summed E-state index contributed by atoms with van der Waals surface area (Å²) in [4.78, 5) is 17.1. The summed E-state index contributed by atoms with van der Waals surface area (Å²) in [6.45, 7) is 6.09. The second kappa shape index (κ2) is 6.11. The van der Waals surface area contributed by atoms with E-state index in [0.29, 0.717) is 6.04 Å². The van der Waals surface area contributed by atoms with Crippen LogP contribution in [0.3, 0.4) is 0 Å². The fourth-order valence-electron chi connectivity index (χ4n) is 4.62. The monoisotopic (exact) mass is 313 g/mol. The Morgan fingerprint density at radius 3 is 3.04 bits per heavy atom. The van der Waals surface area contributed by atoms with Crippen molar-refractivity contribution in [2.45, 2.75) is 38.6 Å². The molecular weight excluding hydrogens is 286 g/mol. The summed E-state index contributed by atoms with van der Waals surface area (Å²) < 4.78 is 0. The van der Waals surface area contributed by atoms with Gasteiger partial charge < -0.3 is 14.8 Å². The van der Waals surface area contributed by atoms with E-state index < -0.39 is 0 Å². The zero-order chi connectivity index (χ0) is 15.8. The Kier molecular flexibility index (Phi) is 3.97. The summed E-state index contributed by atoms with van der Waals surface area (Å²) in [5, 5.41) is 1.14. The lowest BCUT2D eigenvalue weighted by Gasteiger charge is -2.45. The van der Waals surface area contributed by atoms with Crippen molar-refractivity contribution in [3.8, 4) is 0 Å². The SMILES string of the molecule is CCN1CCC2C[C@H](N(C)c3ncnc4[nH]ccc34)CCC2C1. The summed E-state index contributed by atoms with van der Waals surface area (Å²) in [5.74, 6) is 2.87. The summed E-state index contributed by atoms with van der Waals surface area (Å²) >= 11 is 0. The fraction of sp³-hybridized carbons (Fsp3) is 0.667. The van der Waals surface area contributed by atoms with E-state index in [4.69, 9.17) is 0 Å². The normalized spacial score (nSPS) is 28.7. The second-order valence-electron chi connectivity index (χ2n) is 7.22. The first-order valence-corrected chi connectivity index (χ1v) is 8.99. The van der Waals surface area contributed by atoms with Crippen molar-refractivity contribution >= 4 is 16.9 Å². The lowest BCUT2D eigenvalue weighted by atomic mass is 9.73. The van der Waals surface area contributed by atoms with Crippen LogP contribution < -0.4 is 4.90 Å². The van der Waals surface area contributed by atoms with Gasteiger partial charge in [-0.3, -0.25) is 0 Å². The average molecular weight is 313 g/mol. The van der Waals surface area contributed by atoms with Crippen molar-refractivity contribution < 1.29 is 0 Å². The molecule has 2 unspecified atom stereocenters. The first-order chi connectivity index (χ1) is 11.3. The molecule has 3 atom stereocenters. The van der Waals surface area contributed by atoms with Gasteiger partial charge in [0.15, 0.2) is 0 Å². The molecule has 1 saturated carbocycles. The lowest BCUT2D eigenvalue weighted by Crippen LogP contribution is -2.47. The topological polar surface area (TPSA) is 48.1 Å². The molecular formula is C18H27N5. The van der Waals surface area contributed by atoms with Crippen LogP contribution in [0, 0.1) is 11.8 Å². The van der Waals surface area contributed by atoms with Crippen LogP contribution in [0.25, 0.3) is 11.0 Å². The van der Waals surface area contributed by atoms with Gasteiger partial charge in [0.25, 0.3) is 0 Å². The second-order valence-corrected chi connectivity index (χ2v) is 7.22. The van der Waals surface area contributed by atoms with Gasteiger partial charge in [-0.25, -0.2) is 9.97 Å². The molecule has 0 radical (unpaired) electrons. The Labute approximate surface area is 138 Å². The Morgan fingerprint density at radius 1 is 1.26 bits per heavy atom. The van der Waals surface area contributed by atoms with Crippen molar-refractivity contribution in [2.75, 3.05) is 31.6 Å². The third kappa shape index (κ3) is 2.71. The maximum absolute atomic E-state index is 4.57. The number of anilines is 1. The molecule has 5 nitrogen and oxygen atoms in total. The molecule has 0 bridgehead atoms. The Bertz CT molecular complexity index is 666. The summed E-state index contributed by atoms with van der Waals surface area (Å²) in [6.07, 6.45) is 8.95. The van der Waals surface area contributed by atoms with Crippen LogP contribution in [0.2, 0.25) is 0 Å². The van der Waals surface area contributed by atoms with Crippen LogP contribution in [0.15, 0.2) is 18.6 Å². The number of hydrogen-bond donors (Lipinski definition) is 1. The fourth-order valence-corrected chi connectivity index (χ4v) is 4.62. The predicted molar refractivity (Wildman–Crippen MR) is 93.6 cm³/mol. The maximum Gasteiger partial charge on any atom is 0.142 e. The van der Waals surface area contributed by atoms with Crippen LogP contribution in [-0.4, -0.2) is 52.6 Å². The van der Waals surface area contributed by atoms with Gasteiger partial charge in [0.05, 0.1) is 5.39 Å². The smallest absolute Gasteiger partial charge is 0.142 e. The van der Waals surface area contributed by atoms with Gasteiger partial charge in [0.2, 0.25) is 0 Å². The average Bonchev–Trinajstić information content (AvgIpc) is 3.08. The van der Waals surface area contributed by atoms with Crippen molar-refractivity contribution in [1.82, 2.24) is 19.9 Å². The van der Waals surface area contributed by atoms with Crippen molar-refractivity contribution in [3.05, 3.63) is 18.6 Å². The highest BCUT2D eigenvalue weighted by Gasteiger charge is 2.36. The van der Waals surface area contributed by atoms with Gasteiger partial charge in [0, 0.05) is 25.8 Å². The number of hydrogen-bond acceptors (Lipinski definition) is 4. The third-order valence-corrected chi connectivity index (χ3v) is 6.08. The molecule has 1 saturated heterocycles. The molecule has 2 aromatic rings. The molecule has 2 aliphatic rings. The molecule has 2 aromatic heterocycles. The minimum atomic E-state index is 0.609. The van der Waals surface area contributed by atoms with E-state index in [1.807, 2.05) is 6.20 Å². The highest BCUT2D eigenvalue weighted by molar-refractivity contribution is 5.87. The van der Waals surface area contributed by atoms with E-state index in [9.17, 15) is 0 Å². The molecule has 1 N–H and O–H groups in total. The molecule has 1 aliphatic heterocycles. The molecule has 1 aliphatic carbocycles. The molecule has 23 heavy (non-hydrogen) atoms. The van der Waals surface area contributed by atoms with Gasteiger partial charge in [0.1, 0.15) is 17.8 Å². The molecule has 3 heterocycles. The largest absolute Gasteiger partial charge is 0.356 e. The summed E-state index contributed by atoms with van der Waals surface area (Å²) in [7, 11) is 2.21. The Balaban J connectivity index is 1.50. The van der Waals surface area contributed by atoms with E-state index in [1.54, 1.807) is 6.33 Å². The summed E-state index contributed by atoms with van der Waals surface area (Å²) in [5.41, 5.74) is 0.937. The molecule has 124 valence electrons. The van der Waals surface area contributed by atoms with Gasteiger partial charge in [-0.15, -0.1) is 0 Å². The molecule has 0 amide bonds. The third-order valence-electron chi connectivity index (χ3n) is 6.08. The van der Waals surface area contributed by atoms with Crippen LogP contribution in [0.5, 0.6) is 0 Å². The zero-order valence-corrected chi connectivity index (χ0v) is 14.2. The molecule has 5 heteroatoms. The van der Waals surface area contributed by atoms with Crippen molar-refractivity contribution in [2.24, 2.45) is 11.8 Å². The number of nitrogens with one attached hydrogen (secondary N) is 1. The van der Waals surface area contributed by atoms with Gasteiger partial charge in [-0.05, 0) is 56.7 Å². The highest BCUT2D eigenvalue weighted by Crippen LogP contribution is 2.39. The first kappa shape index (κ1) is 14.9. The number of fused-ring (bicyclic) bond motifs is 2. The highest BCUT2D eigenvalue weighted by atomic mass is 15.2. The standard InChI is InChI=1S/C18H27N5/c1-3-23-9-7-13-10-15(5-4-14(13)11-23)22(2)18-16-6-8-19-17(16)20-12-21-18/h6,8,12-15H,3-5,7,9-11H2,1-2H3,(H,19,20,21)/t13?,14?,15-/m1/s1. The van der Waals surface area contributed by atoms with Crippen LogP contribution in [0.4, 0.5) is 5.82 Å². The van der Waals surface area contributed by atoms with E-state index in [2.05, 4.69) is 44.8 Å². The van der Waals surface area contributed by atoms with E-state index in [-0.39, 0.29) is 0 Å². The molecule has 0 spiro atoms. The van der Waals surface area contributed by atoms with Crippen molar-refractivity contribution in [1.29, 1.82) is 0 Å². The van der Waals surface area contributed by atoms with E-state index in [0.717, 1.165) is 28.7 Å². The van der Waals surface area contributed by atoms with E-state index >= 15 is 0 Å². The maximum atomic E-state index is 4.57. The predicted octanol–water partition coefficient (Wildman–Crippen LogP) is 2.90. The number of H-pyrrole nitrogens is 1. The summed E-state index contributed by atoms with van der Waals surface area (Å²) in [6, 6.07) is 2.70. The van der Waals surface area contributed by atoms with Crippen LogP contribution >= 0.6 is 0 Å². The number of aromatic amines is 1. The number of nitrogens with zero attached hydrogens (tertiary/aromatic N) is 4. The van der Waals surface area contributed by atoms with E-state index in [1.165, 1.54) is 45.3 Å². The molecule has 2 fully saturated rings. The number of aromatic nitrogens is 3. The lowest BCUT2D eigenvalue weighted by molar-refractivity contribution is 0.0828. The van der Waals surface area contributed by atoms with Gasteiger partial charge >= 0.3 is 0 Å². The number of likely N-dealkylation sites (tertiary alicyclic amines) is 1. The van der Waals surface area contributed by atoms with Crippen LogP contribution in [-0.2, 0) is 0 Å². The molecule has 4 rings (SSSR count). The van der Waals surface area contributed by atoms with Crippen LogP contribution in [0.1, 0.15) is 32.6 Å².